The van der Waals surface area contributed by atoms with Gasteiger partial charge >= 0.3 is 0 Å². The van der Waals surface area contributed by atoms with Gasteiger partial charge < -0.3 is 5.32 Å². The number of halogens is 1. The van der Waals surface area contributed by atoms with Crippen molar-refractivity contribution in [2.24, 2.45) is 11.3 Å². The van der Waals surface area contributed by atoms with Gasteiger partial charge in [-0.25, -0.2) is 0 Å². The number of piperidine rings is 1. The molecule has 3 atom stereocenters. The lowest BCUT2D eigenvalue weighted by Crippen LogP contribution is -2.45. The summed E-state index contributed by atoms with van der Waals surface area (Å²) in [6.07, 6.45) is 7.06. The molecule has 0 bridgehead atoms. The third-order valence-electron chi connectivity index (χ3n) is 5.26. The summed E-state index contributed by atoms with van der Waals surface area (Å²) in [5.41, 5.74) is 2.08. The van der Waals surface area contributed by atoms with Crippen molar-refractivity contribution in [1.29, 1.82) is 0 Å². The molecule has 1 saturated carbocycles. The van der Waals surface area contributed by atoms with Crippen molar-refractivity contribution < 1.29 is 0 Å². The maximum absolute atomic E-state index is 3.63. The smallest absolute Gasteiger partial charge is 0.0178 e. The van der Waals surface area contributed by atoms with Crippen LogP contribution in [0.5, 0.6) is 0 Å². The first-order valence-corrected chi connectivity index (χ1v) is 8.45. The van der Waals surface area contributed by atoms with Crippen molar-refractivity contribution in [2.75, 3.05) is 13.1 Å². The Morgan fingerprint density at radius 2 is 2.21 bits per heavy atom. The largest absolute Gasteiger partial charge is 0.316 e. The predicted octanol–water partition coefficient (Wildman–Crippen LogP) is 4.72. The Bertz CT molecular complexity index is 441. The third-order valence-corrected chi connectivity index (χ3v) is 5.76. The fourth-order valence-corrected chi connectivity index (χ4v) is 4.83. The van der Waals surface area contributed by atoms with Crippen LogP contribution in [0.2, 0.25) is 0 Å². The molecule has 1 aromatic carbocycles. The van der Waals surface area contributed by atoms with Crippen molar-refractivity contribution in [3.63, 3.8) is 0 Å². The lowest BCUT2D eigenvalue weighted by atomic mass is 9.58. The number of nitrogens with one attached hydrogen (secondary N) is 1. The van der Waals surface area contributed by atoms with Crippen LogP contribution in [0.25, 0.3) is 0 Å². The molecular weight excluding hydrogens is 298 g/mol. The molecule has 1 N–H and O–H groups in total. The number of hydrogen-bond donors (Lipinski definition) is 1. The minimum absolute atomic E-state index is 0.559. The monoisotopic (exact) mass is 321 g/mol. The molecule has 1 heterocycles. The molecule has 3 unspecified atom stereocenters. The van der Waals surface area contributed by atoms with E-state index in [4.69, 9.17) is 0 Å². The lowest BCUT2D eigenvalue weighted by molar-refractivity contribution is 0.0756. The standard InChI is InChI=1S/C17H24BrN/c1-13-4-3-7-17(11-13)8-9-19-12-16(17)14-5-2-6-15(18)10-14/h2,5-6,10,13,16,19H,3-4,7-9,11-12H2,1H3. The van der Waals surface area contributed by atoms with Gasteiger partial charge in [0.1, 0.15) is 0 Å². The van der Waals surface area contributed by atoms with Crippen LogP contribution in [0, 0.1) is 11.3 Å². The SMILES string of the molecule is CC1CCCC2(CCNCC2c2cccc(Br)c2)C1. The molecule has 0 radical (unpaired) electrons. The summed E-state index contributed by atoms with van der Waals surface area (Å²) in [5, 5.41) is 3.62. The van der Waals surface area contributed by atoms with Crippen LogP contribution in [0.1, 0.15) is 50.5 Å². The van der Waals surface area contributed by atoms with Crippen LogP contribution in [-0.4, -0.2) is 13.1 Å². The molecule has 2 fully saturated rings. The fourth-order valence-electron chi connectivity index (χ4n) is 4.41. The van der Waals surface area contributed by atoms with Gasteiger partial charge in [0.15, 0.2) is 0 Å². The Kier molecular flexibility index (Phi) is 4.00. The number of rotatable bonds is 1. The Labute approximate surface area is 125 Å². The molecule has 0 aromatic heterocycles. The van der Waals surface area contributed by atoms with Gasteiger partial charge in [-0.05, 0) is 54.8 Å². The number of hydrogen-bond acceptors (Lipinski definition) is 1. The summed E-state index contributed by atoms with van der Waals surface area (Å²) < 4.78 is 1.22. The predicted molar refractivity (Wildman–Crippen MR) is 84.4 cm³/mol. The van der Waals surface area contributed by atoms with Crippen LogP contribution in [0.3, 0.4) is 0 Å². The first kappa shape index (κ1) is 13.6. The molecule has 104 valence electrons. The average molecular weight is 322 g/mol. The normalized spacial score (nSPS) is 35.5. The summed E-state index contributed by atoms with van der Waals surface area (Å²) in [4.78, 5) is 0. The topological polar surface area (TPSA) is 12.0 Å². The molecule has 1 saturated heterocycles. The van der Waals surface area contributed by atoms with E-state index in [-0.39, 0.29) is 0 Å². The zero-order valence-corrected chi connectivity index (χ0v) is 13.4. The molecule has 1 aliphatic heterocycles. The Morgan fingerprint density at radius 1 is 1.32 bits per heavy atom. The Balaban J connectivity index is 1.92. The van der Waals surface area contributed by atoms with E-state index >= 15 is 0 Å². The quantitative estimate of drug-likeness (QED) is 0.789. The van der Waals surface area contributed by atoms with Gasteiger partial charge in [0, 0.05) is 16.9 Å². The molecule has 1 aliphatic carbocycles. The summed E-state index contributed by atoms with van der Waals surface area (Å²) in [5.74, 6) is 1.60. The Morgan fingerprint density at radius 3 is 3.00 bits per heavy atom. The maximum atomic E-state index is 3.63. The molecular formula is C17H24BrN. The summed E-state index contributed by atoms with van der Waals surface area (Å²) in [7, 11) is 0. The van der Waals surface area contributed by atoms with Gasteiger partial charge in [-0.1, -0.05) is 47.8 Å². The van der Waals surface area contributed by atoms with Gasteiger partial charge in [-0.2, -0.15) is 0 Å². The summed E-state index contributed by atoms with van der Waals surface area (Å²) in [6.45, 7) is 4.81. The second-order valence-corrected chi connectivity index (χ2v) is 7.54. The molecule has 0 amide bonds. The van der Waals surface area contributed by atoms with Crippen LogP contribution >= 0.6 is 15.9 Å². The van der Waals surface area contributed by atoms with E-state index in [9.17, 15) is 0 Å². The van der Waals surface area contributed by atoms with Crippen molar-refractivity contribution in [3.05, 3.63) is 34.3 Å². The second-order valence-electron chi connectivity index (χ2n) is 6.63. The first-order chi connectivity index (χ1) is 9.20. The highest BCUT2D eigenvalue weighted by Crippen LogP contribution is 2.52. The average Bonchev–Trinajstić information content (AvgIpc) is 2.39. The second kappa shape index (κ2) is 5.57. The maximum Gasteiger partial charge on any atom is 0.0178 e. The molecule has 2 heteroatoms. The van der Waals surface area contributed by atoms with Gasteiger partial charge in [0.2, 0.25) is 0 Å². The zero-order chi connectivity index (χ0) is 13.3. The molecule has 19 heavy (non-hydrogen) atoms. The molecule has 1 aromatic rings. The third kappa shape index (κ3) is 2.75. The van der Waals surface area contributed by atoms with E-state index in [1.807, 2.05) is 0 Å². The van der Waals surface area contributed by atoms with E-state index < -0.39 is 0 Å². The zero-order valence-electron chi connectivity index (χ0n) is 11.8. The first-order valence-electron chi connectivity index (χ1n) is 7.66. The summed E-state index contributed by atoms with van der Waals surface area (Å²) >= 11 is 3.63. The van der Waals surface area contributed by atoms with Crippen molar-refractivity contribution in [3.8, 4) is 0 Å². The van der Waals surface area contributed by atoms with Gasteiger partial charge in [-0.15, -0.1) is 0 Å². The van der Waals surface area contributed by atoms with Crippen LogP contribution in [-0.2, 0) is 0 Å². The van der Waals surface area contributed by atoms with Crippen molar-refractivity contribution in [1.82, 2.24) is 5.32 Å². The highest BCUT2D eigenvalue weighted by atomic mass is 79.9. The molecule has 1 spiro atoms. The van der Waals surface area contributed by atoms with Gasteiger partial charge in [0.05, 0.1) is 0 Å². The summed E-state index contributed by atoms with van der Waals surface area (Å²) in [6, 6.07) is 8.98. The van der Waals surface area contributed by atoms with E-state index in [1.165, 1.54) is 48.7 Å². The van der Waals surface area contributed by atoms with E-state index in [2.05, 4.69) is 52.4 Å². The fraction of sp³-hybridized carbons (Fsp3) is 0.647. The Hall–Kier alpha value is -0.340. The van der Waals surface area contributed by atoms with Gasteiger partial charge in [0.25, 0.3) is 0 Å². The minimum Gasteiger partial charge on any atom is -0.316 e. The van der Waals surface area contributed by atoms with Crippen LogP contribution < -0.4 is 5.32 Å². The highest BCUT2D eigenvalue weighted by Gasteiger charge is 2.43. The van der Waals surface area contributed by atoms with E-state index in [0.29, 0.717) is 11.3 Å². The molecule has 1 nitrogen and oxygen atoms in total. The van der Waals surface area contributed by atoms with Crippen molar-refractivity contribution in [2.45, 2.75) is 44.9 Å². The lowest BCUT2D eigenvalue weighted by Gasteiger charge is -2.49. The van der Waals surface area contributed by atoms with Gasteiger partial charge in [-0.3, -0.25) is 0 Å². The van der Waals surface area contributed by atoms with Crippen LogP contribution in [0.4, 0.5) is 0 Å². The highest BCUT2D eigenvalue weighted by molar-refractivity contribution is 9.10. The molecule has 2 aliphatic rings. The minimum atomic E-state index is 0.559. The van der Waals surface area contributed by atoms with E-state index in [0.717, 1.165) is 12.5 Å². The van der Waals surface area contributed by atoms with E-state index in [1.54, 1.807) is 0 Å². The van der Waals surface area contributed by atoms with Crippen molar-refractivity contribution >= 4 is 15.9 Å². The van der Waals surface area contributed by atoms with Crippen LogP contribution in [0.15, 0.2) is 28.7 Å². The molecule has 3 rings (SSSR count). The number of benzene rings is 1.